The van der Waals surface area contributed by atoms with Gasteiger partial charge in [0, 0.05) is 27.6 Å². The third-order valence-corrected chi connectivity index (χ3v) is 5.89. The van der Waals surface area contributed by atoms with E-state index in [9.17, 15) is 9.65 Å². The second kappa shape index (κ2) is 8.52. The zero-order chi connectivity index (χ0) is 22.9. The third kappa shape index (κ3) is 3.76. The number of halogens is 2. The fourth-order valence-electron chi connectivity index (χ4n) is 3.70. The highest BCUT2D eigenvalue weighted by Crippen LogP contribution is 2.37. The van der Waals surface area contributed by atoms with E-state index in [2.05, 4.69) is 17.6 Å². The summed E-state index contributed by atoms with van der Waals surface area (Å²) in [6, 6.07) is 21.0. The van der Waals surface area contributed by atoms with E-state index in [4.69, 9.17) is 4.98 Å². The number of hydrogen-bond acceptors (Lipinski definition) is 4. The molecule has 0 spiro atoms. The quantitative estimate of drug-likeness (QED) is 0.363. The molecule has 0 atom stereocenters. The van der Waals surface area contributed by atoms with E-state index in [0.717, 1.165) is 10.5 Å². The Morgan fingerprint density at radius 2 is 1.53 bits per heavy atom. The Balaban J connectivity index is 1.90. The van der Waals surface area contributed by atoms with Gasteiger partial charge in [0.2, 0.25) is 0 Å². The molecular formula is C26H19F2N3S. The molecule has 0 aliphatic carbocycles. The van der Waals surface area contributed by atoms with Crippen LogP contribution in [0.1, 0.15) is 30.7 Å². The molecule has 0 radical (unpaired) electrons. The zero-order valence-electron chi connectivity index (χ0n) is 17.5. The Bertz CT molecular complexity index is 1350. The predicted octanol–water partition coefficient (Wildman–Crippen LogP) is 6.58. The number of pyridine rings is 2. The van der Waals surface area contributed by atoms with Gasteiger partial charge in [-0.2, -0.15) is 5.26 Å². The number of rotatable bonds is 4. The molecule has 4 aromatic rings. The summed E-state index contributed by atoms with van der Waals surface area (Å²) in [7, 11) is 0. The first-order chi connectivity index (χ1) is 15.3. The highest BCUT2D eigenvalue weighted by atomic mass is 32.1. The van der Waals surface area contributed by atoms with E-state index in [1.807, 2.05) is 44.2 Å². The molecule has 158 valence electrons. The summed E-state index contributed by atoms with van der Waals surface area (Å²) in [4.78, 5) is 9.68. The molecule has 0 aliphatic heterocycles. The number of nitrogens with zero attached hydrogens (tertiary/aromatic N) is 3. The number of aromatic nitrogens is 2. The summed E-state index contributed by atoms with van der Waals surface area (Å²) in [5.41, 5.74) is 1.19. The molecule has 0 fully saturated rings. The molecule has 2 aromatic heterocycles. The van der Waals surface area contributed by atoms with Gasteiger partial charge in [-0.15, -0.1) is 12.6 Å². The average molecular weight is 444 g/mol. The molecule has 2 heterocycles. The molecule has 0 aliphatic rings. The topological polar surface area (TPSA) is 49.6 Å². The Morgan fingerprint density at radius 1 is 0.875 bits per heavy atom. The SMILES string of the molecule is CC(C)(c1cccc(-c2cc(-c3ccccn3)c(F)c(C#N)c2F)n1)c1ccccc1S. The first kappa shape index (κ1) is 21.7. The lowest BCUT2D eigenvalue weighted by molar-refractivity contribution is 0.579. The van der Waals surface area contributed by atoms with Crippen molar-refractivity contribution in [1.82, 2.24) is 9.97 Å². The molecule has 0 saturated heterocycles. The van der Waals surface area contributed by atoms with Gasteiger partial charge in [-0.05, 0) is 42.0 Å². The van der Waals surface area contributed by atoms with Crippen LogP contribution in [0.4, 0.5) is 8.78 Å². The number of nitriles is 1. The van der Waals surface area contributed by atoms with Crippen LogP contribution >= 0.6 is 12.6 Å². The van der Waals surface area contributed by atoms with Crippen LogP contribution in [0.15, 0.2) is 77.8 Å². The van der Waals surface area contributed by atoms with Gasteiger partial charge in [0.15, 0.2) is 11.6 Å². The largest absolute Gasteiger partial charge is 0.256 e. The minimum Gasteiger partial charge on any atom is -0.256 e. The van der Waals surface area contributed by atoms with Crippen molar-refractivity contribution >= 4 is 12.6 Å². The van der Waals surface area contributed by atoms with Crippen molar-refractivity contribution in [3.63, 3.8) is 0 Å². The van der Waals surface area contributed by atoms with Crippen molar-refractivity contribution in [2.24, 2.45) is 0 Å². The minimum absolute atomic E-state index is 0.0420. The second-order valence-corrected chi connectivity index (χ2v) is 8.33. The monoisotopic (exact) mass is 443 g/mol. The second-order valence-electron chi connectivity index (χ2n) is 7.85. The van der Waals surface area contributed by atoms with E-state index < -0.39 is 22.6 Å². The molecular weight excluding hydrogens is 424 g/mol. The van der Waals surface area contributed by atoms with Crippen LogP contribution in [0.25, 0.3) is 22.5 Å². The number of thiol groups is 1. The highest BCUT2D eigenvalue weighted by Gasteiger charge is 2.28. The molecule has 6 heteroatoms. The fraction of sp³-hybridized carbons (Fsp3) is 0.115. The van der Waals surface area contributed by atoms with Gasteiger partial charge < -0.3 is 0 Å². The van der Waals surface area contributed by atoms with Crippen LogP contribution in [0, 0.1) is 23.0 Å². The normalized spacial score (nSPS) is 11.2. The van der Waals surface area contributed by atoms with Crippen molar-refractivity contribution in [3.8, 4) is 28.6 Å². The van der Waals surface area contributed by atoms with Crippen LogP contribution in [0.5, 0.6) is 0 Å². The molecule has 2 aromatic carbocycles. The Morgan fingerprint density at radius 3 is 2.19 bits per heavy atom. The third-order valence-electron chi connectivity index (χ3n) is 5.50. The van der Waals surface area contributed by atoms with E-state index in [1.165, 1.54) is 12.3 Å². The molecule has 0 saturated carbocycles. The van der Waals surface area contributed by atoms with Gasteiger partial charge in [0.1, 0.15) is 11.6 Å². The Hall–Kier alpha value is -3.56. The van der Waals surface area contributed by atoms with Crippen molar-refractivity contribution in [2.75, 3.05) is 0 Å². The lowest BCUT2D eigenvalue weighted by atomic mass is 9.81. The van der Waals surface area contributed by atoms with Crippen LogP contribution in [0.2, 0.25) is 0 Å². The summed E-state index contributed by atoms with van der Waals surface area (Å²) in [6.45, 7) is 4.02. The van der Waals surface area contributed by atoms with Gasteiger partial charge in [-0.1, -0.05) is 44.2 Å². The lowest BCUT2D eigenvalue weighted by Crippen LogP contribution is -2.21. The summed E-state index contributed by atoms with van der Waals surface area (Å²) in [6.07, 6.45) is 1.51. The smallest absolute Gasteiger partial charge is 0.153 e. The summed E-state index contributed by atoms with van der Waals surface area (Å²) < 4.78 is 30.1. The first-order valence-electron chi connectivity index (χ1n) is 9.94. The maximum absolute atomic E-state index is 15.2. The number of hydrogen-bond donors (Lipinski definition) is 1. The average Bonchev–Trinajstić information content (AvgIpc) is 2.80. The van der Waals surface area contributed by atoms with Crippen LogP contribution in [-0.2, 0) is 5.41 Å². The first-order valence-corrected chi connectivity index (χ1v) is 10.4. The Kier molecular flexibility index (Phi) is 5.77. The van der Waals surface area contributed by atoms with E-state index in [1.54, 1.807) is 36.4 Å². The maximum atomic E-state index is 15.2. The van der Waals surface area contributed by atoms with Crippen LogP contribution < -0.4 is 0 Å². The highest BCUT2D eigenvalue weighted by molar-refractivity contribution is 7.80. The van der Waals surface area contributed by atoms with Gasteiger partial charge in [0.25, 0.3) is 0 Å². The molecule has 3 nitrogen and oxygen atoms in total. The van der Waals surface area contributed by atoms with Crippen LogP contribution in [-0.4, -0.2) is 9.97 Å². The standard InChI is InChI=1S/C26H19F2N3S/c1-26(2,19-8-3-4-11-22(19)32)23-12-7-10-21(31-23)17-14-16(20-9-5-6-13-30-20)24(27)18(15-29)25(17)28/h3-14,32H,1-2H3. The van der Waals surface area contributed by atoms with Crippen molar-refractivity contribution in [3.05, 3.63) is 101 Å². The zero-order valence-corrected chi connectivity index (χ0v) is 18.4. The lowest BCUT2D eigenvalue weighted by Gasteiger charge is -2.26. The molecule has 0 bridgehead atoms. The van der Waals surface area contributed by atoms with E-state index in [-0.39, 0.29) is 11.1 Å². The van der Waals surface area contributed by atoms with Crippen molar-refractivity contribution < 1.29 is 8.78 Å². The van der Waals surface area contributed by atoms with Gasteiger partial charge >= 0.3 is 0 Å². The van der Waals surface area contributed by atoms with Gasteiger partial charge in [-0.3, -0.25) is 9.97 Å². The molecule has 4 rings (SSSR count). The Labute approximate surface area is 190 Å². The van der Waals surface area contributed by atoms with Crippen molar-refractivity contribution in [2.45, 2.75) is 24.2 Å². The van der Waals surface area contributed by atoms with E-state index >= 15 is 4.39 Å². The maximum Gasteiger partial charge on any atom is 0.153 e. The fourth-order valence-corrected chi connectivity index (χ4v) is 4.14. The summed E-state index contributed by atoms with van der Waals surface area (Å²) in [5.74, 6) is -1.88. The summed E-state index contributed by atoms with van der Waals surface area (Å²) >= 11 is 4.57. The number of benzene rings is 2. The minimum atomic E-state index is -0.943. The van der Waals surface area contributed by atoms with Crippen LogP contribution in [0.3, 0.4) is 0 Å². The molecule has 32 heavy (non-hydrogen) atoms. The molecule has 0 N–H and O–H groups in total. The van der Waals surface area contributed by atoms with Gasteiger partial charge in [-0.25, -0.2) is 8.78 Å². The van der Waals surface area contributed by atoms with E-state index in [0.29, 0.717) is 17.1 Å². The summed E-state index contributed by atoms with van der Waals surface area (Å²) in [5, 5.41) is 9.43. The van der Waals surface area contributed by atoms with Gasteiger partial charge in [0.05, 0.1) is 17.1 Å². The molecule has 0 unspecified atom stereocenters. The molecule has 0 amide bonds. The predicted molar refractivity (Wildman–Crippen MR) is 123 cm³/mol. The van der Waals surface area contributed by atoms with Crippen molar-refractivity contribution in [1.29, 1.82) is 5.26 Å².